The Morgan fingerprint density at radius 3 is 2.71 bits per heavy atom. The molecule has 1 aromatic heterocycles. The van der Waals surface area contributed by atoms with Gasteiger partial charge >= 0.3 is 0 Å². The Labute approximate surface area is 124 Å². The monoisotopic (exact) mass is 284 g/mol. The van der Waals surface area contributed by atoms with Gasteiger partial charge in [0.2, 0.25) is 0 Å². The van der Waals surface area contributed by atoms with Crippen LogP contribution in [0.3, 0.4) is 0 Å². The molecule has 1 amide bonds. The maximum Gasteiger partial charge on any atom is 0.252 e. The number of aromatic nitrogens is 1. The lowest BCUT2D eigenvalue weighted by atomic mass is 9.82. The van der Waals surface area contributed by atoms with Crippen LogP contribution in [0.2, 0.25) is 0 Å². The smallest absolute Gasteiger partial charge is 0.252 e. The van der Waals surface area contributed by atoms with Crippen molar-refractivity contribution in [3.63, 3.8) is 0 Å². The van der Waals surface area contributed by atoms with Gasteiger partial charge in [-0.05, 0) is 25.0 Å². The quantitative estimate of drug-likeness (QED) is 0.911. The minimum absolute atomic E-state index is 0.00174. The first kappa shape index (κ1) is 14.0. The highest BCUT2D eigenvalue weighted by atomic mass is 16.3. The Hall–Kier alpha value is -1.94. The molecular formula is C17H20N2O2. The molecule has 0 unspecified atom stereocenters. The second-order valence-electron chi connectivity index (χ2n) is 5.83. The molecule has 4 nitrogen and oxygen atoms in total. The summed E-state index contributed by atoms with van der Waals surface area (Å²) in [6, 6.07) is 9.36. The van der Waals surface area contributed by atoms with Crippen LogP contribution in [-0.2, 0) is 0 Å². The first-order chi connectivity index (χ1) is 10.2. The van der Waals surface area contributed by atoms with E-state index < -0.39 is 5.54 Å². The van der Waals surface area contributed by atoms with Crippen LogP contribution in [0.25, 0.3) is 10.9 Å². The molecular weight excluding hydrogens is 264 g/mol. The van der Waals surface area contributed by atoms with Crippen molar-refractivity contribution in [2.75, 3.05) is 6.61 Å². The standard InChI is InChI=1S/C17H20N2O2/c20-12-17(9-4-1-5-10-17)19-16(21)14-8-11-18-15-7-3-2-6-13(14)15/h2-3,6-8,11,20H,1,4-5,9-10,12H2,(H,19,21). The molecule has 0 radical (unpaired) electrons. The van der Waals surface area contributed by atoms with E-state index in [9.17, 15) is 9.90 Å². The highest BCUT2D eigenvalue weighted by Gasteiger charge is 2.33. The molecule has 21 heavy (non-hydrogen) atoms. The van der Waals surface area contributed by atoms with Crippen LogP contribution in [0.4, 0.5) is 0 Å². The number of para-hydroxylation sites is 1. The van der Waals surface area contributed by atoms with Gasteiger partial charge in [0.05, 0.1) is 23.2 Å². The van der Waals surface area contributed by atoms with Gasteiger partial charge in [0.1, 0.15) is 0 Å². The van der Waals surface area contributed by atoms with Crippen molar-refractivity contribution < 1.29 is 9.90 Å². The van der Waals surface area contributed by atoms with E-state index >= 15 is 0 Å². The van der Waals surface area contributed by atoms with Crippen molar-refractivity contribution >= 4 is 16.8 Å². The summed E-state index contributed by atoms with van der Waals surface area (Å²) in [7, 11) is 0. The molecule has 0 aliphatic heterocycles. The summed E-state index contributed by atoms with van der Waals surface area (Å²) < 4.78 is 0. The maximum atomic E-state index is 12.6. The van der Waals surface area contributed by atoms with Crippen molar-refractivity contribution in [3.8, 4) is 0 Å². The SMILES string of the molecule is O=C(NC1(CO)CCCCC1)c1ccnc2ccccc12. The highest BCUT2D eigenvalue weighted by molar-refractivity contribution is 6.06. The number of nitrogens with zero attached hydrogens (tertiary/aromatic N) is 1. The Kier molecular flexibility index (Phi) is 3.88. The topological polar surface area (TPSA) is 62.2 Å². The van der Waals surface area contributed by atoms with Crippen LogP contribution in [0.15, 0.2) is 36.5 Å². The Morgan fingerprint density at radius 2 is 1.95 bits per heavy atom. The number of pyridine rings is 1. The van der Waals surface area contributed by atoms with E-state index in [4.69, 9.17) is 0 Å². The summed E-state index contributed by atoms with van der Waals surface area (Å²) in [5.74, 6) is -0.121. The molecule has 3 rings (SSSR count). The first-order valence-electron chi connectivity index (χ1n) is 7.51. The highest BCUT2D eigenvalue weighted by Crippen LogP contribution is 2.28. The summed E-state index contributed by atoms with van der Waals surface area (Å²) >= 11 is 0. The van der Waals surface area contributed by atoms with Gasteiger partial charge in [-0.2, -0.15) is 0 Å². The molecule has 2 aromatic rings. The lowest BCUT2D eigenvalue weighted by Crippen LogP contribution is -2.52. The largest absolute Gasteiger partial charge is 0.394 e. The number of hydrogen-bond acceptors (Lipinski definition) is 3. The normalized spacial score (nSPS) is 17.6. The third kappa shape index (κ3) is 2.76. The number of nitrogens with one attached hydrogen (secondary N) is 1. The molecule has 1 aliphatic rings. The van der Waals surface area contributed by atoms with Gasteiger partial charge in [0.25, 0.3) is 5.91 Å². The number of amides is 1. The van der Waals surface area contributed by atoms with Crippen LogP contribution >= 0.6 is 0 Å². The Balaban J connectivity index is 1.90. The van der Waals surface area contributed by atoms with Crippen molar-refractivity contribution in [2.45, 2.75) is 37.6 Å². The minimum Gasteiger partial charge on any atom is -0.394 e. The van der Waals surface area contributed by atoms with E-state index in [-0.39, 0.29) is 12.5 Å². The fourth-order valence-electron chi connectivity index (χ4n) is 3.15. The minimum atomic E-state index is -0.459. The number of carbonyl (C=O) groups is 1. The molecule has 2 N–H and O–H groups in total. The van der Waals surface area contributed by atoms with Crippen LogP contribution in [-0.4, -0.2) is 28.1 Å². The maximum absolute atomic E-state index is 12.6. The lowest BCUT2D eigenvalue weighted by Gasteiger charge is -2.36. The zero-order valence-electron chi connectivity index (χ0n) is 12.0. The van der Waals surface area contributed by atoms with Gasteiger partial charge in [-0.15, -0.1) is 0 Å². The third-order valence-electron chi connectivity index (χ3n) is 4.39. The number of aliphatic hydroxyl groups is 1. The van der Waals surface area contributed by atoms with E-state index in [2.05, 4.69) is 10.3 Å². The Bertz CT molecular complexity index is 643. The van der Waals surface area contributed by atoms with Crippen LogP contribution in [0.5, 0.6) is 0 Å². The number of fused-ring (bicyclic) bond motifs is 1. The van der Waals surface area contributed by atoms with Crippen LogP contribution in [0.1, 0.15) is 42.5 Å². The van der Waals surface area contributed by atoms with E-state index in [0.29, 0.717) is 5.56 Å². The average molecular weight is 284 g/mol. The molecule has 1 aliphatic carbocycles. The summed E-state index contributed by atoms with van der Waals surface area (Å²) in [5.41, 5.74) is 0.977. The number of carbonyl (C=O) groups excluding carboxylic acids is 1. The van der Waals surface area contributed by atoms with E-state index in [0.717, 1.165) is 36.6 Å². The summed E-state index contributed by atoms with van der Waals surface area (Å²) in [5, 5.41) is 13.6. The molecule has 1 aromatic carbocycles. The van der Waals surface area contributed by atoms with Gasteiger partial charge in [0.15, 0.2) is 0 Å². The van der Waals surface area contributed by atoms with Gasteiger partial charge in [-0.1, -0.05) is 37.5 Å². The molecule has 0 spiro atoms. The Morgan fingerprint density at radius 1 is 1.19 bits per heavy atom. The predicted molar refractivity (Wildman–Crippen MR) is 82.1 cm³/mol. The van der Waals surface area contributed by atoms with Crippen molar-refractivity contribution in [1.82, 2.24) is 10.3 Å². The number of aliphatic hydroxyl groups excluding tert-OH is 1. The van der Waals surface area contributed by atoms with Gasteiger partial charge < -0.3 is 10.4 Å². The second kappa shape index (κ2) is 5.82. The fraction of sp³-hybridized carbons (Fsp3) is 0.412. The molecule has 1 fully saturated rings. The number of hydrogen-bond donors (Lipinski definition) is 2. The predicted octanol–water partition coefficient (Wildman–Crippen LogP) is 2.66. The van der Waals surface area contributed by atoms with Crippen LogP contribution < -0.4 is 5.32 Å². The average Bonchev–Trinajstić information content (AvgIpc) is 2.55. The number of benzene rings is 1. The lowest BCUT2D eigenvalue weighted by molar-refractivity contribution is 0.0760. The van der Waals surface area contributed by atoms with Gasteiger partial charge in [0, 0.05) is 11.6 Å². The van der Waals surface area contributed by atoms with Gasteiger partial charge in [-0.3, -0.25) is 9.78 Å². The van der Waals surface area contributed by atoms with E-state index in [1.54, 1.807) is 12.3 Å². The van der Waals surface area contributed by atoms with E-state index in [1.165, 1.54) is 6.42 Å². The molecule has 0 atom stereocenters. The summed E-state index contributed by atoms with van der Waals surface area (Å²) in [6.07, 6.45) is 6.63. The van der Waals surface area contributed by atoms with Crippen LogP contribution in [0, 0.1) is 0 Å². The summed E-state index contributed by atoms with van der Waals surface area (Å²) in [6.45, 7) is 0.00174. The second-order valence-corrected chi connectivity index (χ2v) is 5.83. The molecule has 0 bridgehead atoms. The number of rotatable bonds is 3. The molecule has 4 heteroatoms. The van der Waals surface area contributed by atoms with Crippen molar-refractivity contribution in [1.29, 1.82) is 0 Å². The fourth-order valence-corrected chi connectivity index (χ4v) is 3.15. The first-order valence-corrected chi connectivity index (χ1v) is 7.51. The summed E-state index contributed by atoms with van der Waals surface area (Å²) in [4.78, 5) is 16.9. The van der Waals surface area contributed by atoms with Crippen molar-refractivity contribution in [3.05, 3.63) is 42.1 Å². The zero-order chi connectivity index (χ0) is 14.7. The molecule has 110 valence electrons. The molecule has 0 saturated heterocycles. The van der Waals surface area contributed by atoms with E-state index in [1.807, 2.05) is 24.3 Å². The molecule has 1 heterocycles. The zero-order valence-corrected chi connectivity index (χ0v) is 12.0. The van der Waals surface area contributed by atoms with Crippen molar-refractivity contribution in [2.24, 2.45) is 0 Å². The third-order valence-corrected chi connectivity index (χ3v) is 4.39. The molecule has 1 saturated carbocycles. The van der Waals surface area contributed by atoms with Gasteiger partial charge in [-0.25, -0.2) is 0 Å².